The summed E-state index contributed by atoms with van der Waals surface area (Å²) in [6.45, 7) is 3.44. The van der Waals surface area contributed by atoms with Gasteiger partial charge in [-0.25, -0.2) is 0 Å². The fourth-order valence-corrected chi connectivity index (χ4v) is 4.10. The molecule has 0 atom stereocenters. The maximum absolute atomic E-state index is 5.99. The second kappa shape index (κ2) is 8.11. The Bertz CT molecular complexity index is 533. The van der Waals surface area contributed by atoms with Gasteiger partial charge in [0, 0.05) is 16.1 Å². The number of hydrogen-bond donors (Lipinski definition) is 0. The van der Waals surface area contributed by atoms with Crippen molar-refractivity contribution in [1.29, 1.82) is 0 Å². The molecule has 0 aliphatic carbocycles. The van der Waals surface area contributed by atoms with E-state index in [2.05, 4.69) is 75.2 Å². The van der Waals surface area contributed by atoms with E-state index in [4.69, 9.17) is 4.74 Å². The zero-order chi connectivity index (χ0) is 15.1. The highest BCUT2D eigenvalue weighted by molar-refractivity contribution is 9.09. The minimum absolute atomic E-state index is 0.0392. The summed E-state index contributed by atoms with van der Waals surface area (Å²) in [5.41, 5.74) is 3.75. The molecule has 2 aromatic carbocycles. The highest BCUT2D eigenvalue weighted by Gasteiger charge is 2.30. The van der Waals surface area contributed by atoms with E-state index in [0.717, 1.165) is 10.7 Å². The second-order valence-corrected chi connectivity index (χ2v) is 6.51. The summed E-state index contributed by atoms with van der Waals surface area (Å²) in [5, 5.41) is 1.73. The van der Waals surface area contributed by atoms with Gasteiger partial charge in [-0.05, 0) is 18.1 Å². The SMILES string of the molecule is Cc1ccc(C(CBr)(CBr)COCc2ccccc2)cc1. The first-order chi connectivity index (χ1) is 10.2. The highest BCUT2D eigenvalue weighted by Crippen LogP contribution is 2.30. The fourth-order valence-electron chi connectivity index (χ4n) is 2.20. The molecule has 2 rings (SSSR count). The fraction of sp³-hybridized carbons (Fsp3) is 0.333. The molecule has 21 heavy (non-hydrogen) atoms. The van der Waals surface area contributed by atoms with E-state index in [1.807, 2.05) is 18.2 Å². The number of alkyl halides is 2. The molecule has 2 aromatic rings. The minimum Gasteiger partial charge on any atom is -0.376 e. The Hall–Kier alpha value is -0.640. The monoisotopic (exact) mass is 410 g/mol. The summed E-state index contributed by atoms with van der Waals surface area (Å²) in [5.74, 6) is 0. The van der Waals surface area contributed by atoms with E-state index in [0.29, 0.717) is 13.2 Å². The normalized spacial score (nSPS) is 11.6. The van der Waals surface area contributed by atoms with Gasteiger partial charge in [-0.2, -0.15) is 0 Å². The molecule has 0 aliphatic rings. The lowest BCUT2D eigenvalue weighted by Gasteiger charge is -2.30. The van der Waals surface area contributed by atoms with Crippen molar-refractivity contribution in [2.75, 3.05) is 17.3 Å². The van der Waals surface area contributed by atoms with Gasteiger partial charge in [-0.15, -0.1) is 0 Å². The smallest absolute Gasteiger partial charge is 0.0717 e. The van der Waals surface area contributed by atoms with Gasteiger partial charge in [0.05, 0.1) is 13.2 Å². The Morgan fingerprint density at radius 2 is 1.52 bits per heavy atom. The highest BCUT2D eigenvalue weighted by atomic mass is 79.9. The average molecular weight is 412 g/mol. The van der Waals surface area contributed by atoms with Gasteiger partial charge < -0.3 is 4.74 Å². The van der Waals surface area contributed by atoms with Crippen LogP contribution >= 0.6 is 31.9 Å². The number of benzene rings is 2. The van der Waals surface area contributed by atoms with E-state index >= 15 is 0 Å². The largest absolute Gasteiger partial charge is 0.376 e. The van der Waals surface area contributed by atoms with Crippen molar-refractivity contribution in [3.05, 3.63) is 71.3 Å². The number of ether oxygens (including phenoxy) is 1. The number of rotatable bonds is 7. The first-order valence-electron chi connectivity index (χ1n) is 7.01. The van der Waals surface area contributed by atoms with Gasteiger partial charge in [0.2, 0.25) is 0 Å². The Balaban J connectivity index is 2.06. The van der Waals surface area contributed by atoms with Crippen molar-refractivity contribution in [2.45, 2.75) is 18.9 Å². The molecule has 0 N–H and O–H groups in total. The average Bonchev–Trinajstić information content (AvgIpc) is 2.54. The van der Waals surface area contributed by atoms with Gasteiger partial charge in [-0.3, -0.25) is 0 Å². The first-order valence-corrected chi connectivity index (χ1v) is 9.25. The van der Waals surface area contributed by atoms with Crippen molar-refractivity contribution >= 4 is 31.9 Å². The van der Waals surface area contributed by atoms with Crippen LogP contribution in [0.2, 0.25) is 0 Å². The molecule has 0 spiro atoms. The van der Waals surface area contributed by atoms with Crippen LogP contribution in [0.25, 0.3) is 0 Å². The molecule has 0 bridgehead atoms. The Morgan fingerprint density at radius 3 is 2.10 bits per heavy atom. The van der Waals surface area contributed by atoms with E-state index in [9.17, 15) is 0 Å². The van der Waals surface area contributed by atoms with Crippen molar-refractivity contribution in [3.8, 4) is 0 Å². The molecule has 0 radical (unpaired) electrons. The predicted octanol–water partition coefficient (Wildman–Crippen LogP) is 5.24. The van der Waals surface area contributed by atoms with E-state index in [1.54, 1.807) is 0 Å². The van der Waals surface area contributed by atoms with Crippen molar-refractivity contribution in [3.63, 3.8) is 0 Å². The molecule has 0 heterocycles. The minimum atomic E-state index is -0.0392. The molecule has 1 nitrogen and oxygen atoms in total. The van der Waals surface area contributed by atoms with Crippen LogP contribution in [0.15, 0.2) is 54.6 Å². The summed E-state index contributed by atoms with van der Waals surface area (Å²) in [6, 6.07) is 19.0. The summed E-state index contributed by atoms with van der Waals surface area (Å²) in [7, 11) is 0. The molecule has 0 amide bonds. The van der Waals surface area contributed by atoms with Crippen molar-refractivity contribution in [2.24, 2.45) is 0 Å². The summed E-state index contributed by atoms with van der Waals surface area (Å²) in [6.07, 6.45) is 0. The Kier molecular flexibility index (Phi) is 6.46. The molecule has 0 aromatic heterocycles. The van der Waals surface area contributed by atoms with E-state index < -0.39 is 0 Å². The van der Waals surface area contributed by atoms with Crippen LogP contribution in [-0.2, 0) is 16.8 Å². The third-order valence-electron chi connectivity index (χ3n) is 3.67. The van der Waals surface area contributed by atoms with E-state index in [-0.39, 0.29) is 5.41 Å². The van der Waals surface area contributed by atoms with Crippen molar-refractivity contribution < 1.29 is 4.74 Å². The Labute approximate surface area is 144 Å². The van der Waals surface area contributed by atoms with Crippen LogP contribution < -0.4 is 0 Å². The van der Waals surface area contributed by atoms with Crippen LogP contribution in [0.3, 0.4) is 0 Å². The van der Waals surface area contributed by atoms with Gasteiger partial charge in [-0.1, -0.05) is 92.0 Å². The maximum Gasteiger partial charge on any atom is 0.0717 e. The van der Waals surface area contributed by atoms with Crippen LogP contribution in [-0.4, -0.2) is 17.3 Å². The quantitative estimate of drug-likeness (QED) is 0.566. The van der Waals surface area contributed by atoms with Gasteiger partial charge in [0.1, 0.15) is 0 Å². The van der Waals surface area contributed by atoms with Crippen LogP contribution in [0.4, 0.5) is 0 Å². The first kappa shape index (κ1) is 16.7. The van der Waals surface area contributed by atoms with Gasteiger partial charge in [0.15, 0.2) is 0 Å². The number of hydrogen-bond acceptors (Lipinski definition) is 1. The van der Waals surface area contributed by atoms with Crippen molar-refractivity contribution in [1.82, 2.24) is 0 Å². The topological polar surface area (TPSA) is 9.23 Å². The standard InChI is InChI=1S/C18H20Br2O/c1-15-7-9-17(10-8-15)18(12-19,13-20)14-21-11-16-5-3-2-4-6-16/h2-10H,11-14H2,1H3. The van der Waals surface area contributed by atoms with Gasteiger partial charge in [0.25, 0.3) is 0 Å². The maximum atomic E-state index is 5.99. The number of halogens is 2. The zero-order valence-electron chi connectivity index (χ0n) is 12.2. The molecule has 0 fully saturated rings. The zero-order valence-corrected chi connectivity index (χ0v) is 15.4. The molecule has 0 saturated heterocycles. The van der Waals surface area contributed by atoms with E-state index in [1.165, 1.54) is 16.7 Å². The summed E-state index contributed by atoms with van der Waals surface area (Å²) >= 11 is 7.33. The number of aryl methyl sites for hydroxylation is 1. The lowest BCUT2D eigenvalue weighted by Crippen LogP contribution is -2.35. The molecule has 0 aliphatic heterocycles. The summed E-state index contributed by atoms with van der Waals surface area (Å²) in [4.78, 5) is 0. The lowest BCUT2D eigenvalue weighted by molar-refractivity contribution is 0.0862. The molecule has 3 heteroatoms. The second-order valence-electron chi connectivity index (χ2n) is 5.39. The van der Waals surface area contributed by atoms with Gasteiger partial charge >= 0.3 is 0 Å². The molecule has 112 valence electrons. The molecule has 0 saturated carbocycles. The third-order valence-corrected chi connectivity index (χ3v) is 5.81. The van der Waals surface area contributed by atoms with Crippen LogP contribution in [0, 0.1) is 6.92 Å². The van der Waals surface area contributed by atoms with Crippen LogP contribution in [0.1, 0.15) is 16.7 Å². The molecular weight excluding hydrogens is 392 g/mol. The summed E-state index contributed by atoms with van der Waals surface area (Å²) < 4.78 is 5.99. The molecular formula is C18H20Br2O. The van der Waals surface area contributed by atoms with Crippen LogP contribution in [0.5, 0.6) is 0 Å². The third kappa shape index (κ3) is 4.41. The molecule has 0 unspecified atom stereocenters. The lowest BCUT2D eigenvalue weighted by atomic mass is 9.85. The predicted molar refractivity (Wildman–Crippen MR) is 96.5 cm³/mol. The Morgan fingerprint density at radius 1 is 0.905 bits per heavy atom.